The van der Waals surface area contributed by atoms with E-state index in [0.717, 1.165) is 0 Å². The molecule has 1 amide bonds. The minimum atomic E-state index is -0.310. The Labute approximate surface area is 115 Å². The van der Waals surface area contributed by atoms with Crippen LogP contribution in [0.2, 0.25) is 0 Å². The molecule has 2 N–H and O–H groups in total. The zero-order valence-corrected chi connectivity index (χ0v) is 10.6. The van der Waals surface area contributed by atoms with E-state index in [1.54, 1.807) is 6.07 Å². The molecule has 0 aliphatic carbocycles. The van der Waals surface area contributed by atoms with Gasteiger partial charge in [0.2, 0.25) is 0 Å². The number of aromatic nitrogens is 3. The van der Waals surface area contributed by atoms with Gasteiger partial charge in [-0.3, -0.25) is 9.78 Å². The van der Waals surface area contributed by atoms with E-state index in [9.17, 15) is 4.79 Å². The summed E-state index contributed by atoms with van der Waals surface area (Å²) in [5.41, 5.74) is 1.42. The van der Waals surface area contributed by atoms with Crippen molar-refractivity contribution in [2.75, 3.05) is 11.9 Å². The first kappa shape index (κ1) is 13.6. The van der Waals surface area contributed by atoms with Crippen LogP contribution in [0.25, 0.3) is 0 Å². The molecule has 0 bridgehead atoms. The summed E-state index contributed by atoms with van der Waals surface area (Å²) >= 11 is 0. The zero-order valence-electron chi connectivity index (χ0n) is 10.6. The molecule has 0 unspecified atom stereocenters. The molecular formula is C14H12N4O2. The molecule has 0 fully saturated rings. The number of nitrogens with zero attached hydrogens (tertiary/aromatic N) is 3. The Morgan fingerprint density at radius 2 is 2.05 bits per heavy atom. The lowest BCUT2D eigenvalue weighted by molar-refractivity contribution is 0.102. The maximum Gasteiger partial charge on any atom is 0.257 e. The van der Waals surface area contributed by atoms with Gasteiger partial charge in [0.05, 0.1) is 35.8 Å². The number of aliphatic hydroxyl groups excluding tert-OH is 1. The lowest BCUT2D eigenvalue weighted by Crippen LogP contribution is -2.14. The van der Waals surface area contributed by atoms with Gasteiger partial charge in [0.1, 0.15) is 6.33 Å². The fourth-order valence-corrected chi connectivity index (χ4v) is 1.47. The summed E-state index contributed by atoms with van der Waals surface area (Å²) in [4.78, 5) is 23.7. The highest BCUT2D eigenvalue weighted by atomic mass is 16.2. The van der Waals surface area contributed by atoms with Crippen molar-refractivity contribution in [3.63, 3.8) is 0 Å². The number of anilines is 1. The van der Waals surface area contributed by atoms with E-state index in [1.165, 1.54) is 31.1 Å². The second kappa shape index (κ2) is 6.97. The second-order valence-electron chi connectivity index (χ2n) is 3.78. The minimum absolute atomic E-state index is 0.0177. The Hall–Kier alpha value is -2.78. The monoisotopic (exact) mass is 268 g/mol. The Morgan fingerprint density at radius 3 is 2.80 bits per heavy atom. The predicted octanol–water partition coefficient (Wildman–Crippen LogP) is 0.858. The average molecular weight is 268 g/mol. The largest absolute Gasteiger partial charge is 0.395 e. The van der Waals surface area contributed by atoms with E-state index in [2.05, 4.69) is 32.1 Å². The molecule has 2 aromatic rings. The number of nitrogens with one attached hydrogen (secondary N) is 1. The van der Waals surface area contributed by atoms with Crippen molar-refractivity contribution < 1.29 is 9.90 Å². The van der Waals surface area contributed by atoms with Crippen LogP contribution in [0, 0.1) is 11.8 Å². The first-order chi connectivity index (χ1) is 9.81. The number of aliphatic hydroxyl groups is 1. The number of carbonyl (C=O) groups excluding carboxylic acids is 1. The lowest BCUT2D eigenvalue weighted by atomic mass is 10.1. The van der Waals surface area contributed by atoms with E-state index in [1.807, 2.05) is 0 Å². The summed E-state index contributed by atoms with van der Waals surface area (Å²) < 4.78 is 0. The molecule has 0 saturated carbocycles. The van der Waals surface area contributed by atoms with Gasteiger partial charge in [-0.25, -0.2) is 9.97 Å². The van der Waals surface area contributed by atoms with Crippen molar-refractivity contribution in [2.24, 2.45) is 0 Å². The van der Waals surface area contributed by atoms with Crippen molar-refractivity contribution >= 4 is 11.6 Å². The zero-order chi connectivity index (χ0) is 14.2. The number of hydrogen-bond donors (Lipinski definition) is 2. The van der Waals surface area contributed by atoms with Crippen molar-refractivity contribution in [3.05, 3.63) is 48.3 Å². The molecule has 0 aromatic carbocycles. The first-order valence-electron chi connectivity index (χ1n) is 5.91. The van der Waals surface area contributed by atoms with Crippen molar-refractivity contribution in [2.45, 2.75) is 6.42 Å². The van der Waals surface area contributed by atoms with Crippen LogP contribution in [0.15, 0.2) is 37.2 Å². The van der Waals surface area contributed by atoms with Crippen LogP contribution in [0.1, 0.15) is 22.3 Å². The van der Waals surface area contributed by atoms with Gasteiger partial charge in [0.15, 0.2) is 0 Å². The number of rotatable bonds is 3. The first-order valence-corrected chi connectivity index (χ1v) is 5.91. The van der Waals surface area contributed by atoms with Gasteiger partial charge >= 0.3 is 0 Å². The third-order valence-corrected chi connectivity index (χ3v) is 2.34. The molecule has 6 nitrogen and oxygen atoms in total. The van der Waals surface area contributed by atoms with Crippen molar-refractivity contribution in [3.8, 4) is 11.8 Å². The van der Waals surface area contributed by atoms with E-state index in [4.69, 9.17) is 5.11 Å². The van der Waals surface area contributed by atoms with Gasteiger partial charge in [0, 0.05) is 18.8 Å². The van der Waals surface area contributed by atoms with Gasteiger partial charge in [-0.1, -0.05) is 11.8 Å². The maximum atomic E-state index is 12.2. The molecule has 0 spiro atoms. The maximum absolute atomic E-state index is 12.2. The van der Waals surface area contributed by atoms with E-state index >= 15 is 0 Å². The Kier molecular flexibility index (Phi) is 4.76. The molecule has 0 atom stereocenters. The molecule has 0 radical (unpaired) electrons. The molecule has 2 heterocycles. The van der Waals surface area contributed by atoms with Gasteiger partial charge in [0.25, 0.3) is 5.91 Å². The summed E-state index contributed by atoms with van der Waals surface area (Å²) in [5.74, 6) is 5.27. The highest BCUT2D eigenvalue weighted by Gasteiger charge is 2.10. The van der Waals surface area contributed by atoms with Crippen molar-refractivity contribution in [1.82, 2.24) is 15.0 Å². The fraction of sp³-hybridized carbons (Fsp3) is 0.143. The summed E-state index contributed by atoms with van der Waals surface area (Å²) in [6.07, 6.45) is 7.77. The molecule has 0 saturated heterocycles. The van der Waals surface area contributed by atoms with Crippen LogP contribution < -0.4 is 5.32 Å². The molecule has 100 valence electrons. The topological polar surface area (TPSA) is 88.0 Å². The highest BCUT2D eigenvalue weighted by Crippen LogP contribution is 2.09. The number of carbonyl (C=O) groups is 1. The van der Waals surface area contributed by atoms with Crippen LogP contribution in [-0.4, -0.2) is 32.6 Å². The Balaban J connectivity index is 2.20. The molecule has 6 heteroatoms. The molecule has 0 aliphatic rings. The van der Waals surface area contributed by atoms with Crippen LogP contribution in [0.3, 0.4) is 0 Å². The number of amides is 1. The Bertz CT molecular complexity index is 647. The number of hydrogen-bond acceptors (Lipinski definition) is 5. The van der Waals surface area contributed by atoms with Gasteiger partial charge < -0.3 is 10.4 Å². The third kappa shape index (κ3) is 3.60. The quantitative estimate of drug-likeness (QED) is 0.806. The average Bonchev–Trinajstić information content (AvgIpc) is 2.49. The fourth-order valence-electron chi connectivity index (χ4n) is 1.47. The van der Waals surface area contributed by atoms with Gasteiger partial charge in [-0.2, -0.15) is 0 Å². The third-order valence-electron chi connectivity index (χ3n) is 2.34. The second-order valence-corrected chi connectivity index (χ2v) is 3.78. The van der Waals surface area contributed by atoms with Crippen LogP contribution in [-0.2, 0) is 0 Å². The molecule has 0 aliphatic heterocycles. The smallest absolute Gasteiger partial charge is 0.257 e. The summed E-state index contributed by atoms with van der Waals surface area (Å²) in [5, 5.41) is 11.4. The highest BCUT2D eigenvalue weighted by molar-refractivity contribution is 6.05. The lowest BCUT2D eigenvalue weighted by Gasteiger charge is -2.05. The summed E-state index contributed by atoms with van der Waals surface area (Å²) in [6.45, 7) is -0.0177. The molecular weight excluding hydrogens is 256 g/mol. The molecule has 20 heavy (non-hydrogen) atoms. The standard InChI is InChI=1S/C14H12N4O2/c19-6-2-1-3-11-7-15-5-4-13(11)14(20)18-12-8-16-10-17-9-12/h4-5,7-10,19H,2,6H2,(H,18,20). The van der Waals surface area contributed by atoms with Crippen LogP contribution in [0.5, 0.6) is 0 Å². The van der Waals surface area contributed by atoms with E-state index < -0.39 is 0 Å². The number of pyridine rings is 1. The normalized spacial score (nSPS) is 9.45. The van der Waals surface area contributed by atoms with Gasteiger partial charge in [-0.05, 0) is 6.07 Å². The van der Waals surface area contributed by atoms with Crippen LogP contribution in [0.4, 0.5) is 5.69 Å². The SMILES string of the molecule is O=C(Nc1cncnc1)c1ccncc1C#CCCO. The van der Waals surface area contributed by atoms with Crippen LogP contribution >= 0.6 is 0 Å². The van der Waals surface area contributed by atoms with Gasteiger partial charge in [-0.15, -0.1) is 0 Å². The minimum Gasteiger partial charge on any atom is -0.395 e. The van der Waals surface area contributed by atoms with E-state index in [-0.39, 0.29) is 12.5 Å². The Morgan fingerprint density at radius 1 is 1.25 bits per heavy atom. The molecule has 2 rings (SSSR count). The summed E-state index contributed by atoms with van der Waals surface area (Å²) in [7, 11) is 0. The summed E-state index contributed by atoms with van der Waals surface area (Å²) in [6, 6.07) is 1.59. The van der Waals surface area contributed by atoms with E-state index in [0.29, 0.717) is 23.2 Å². The molecule has 2 aromatic heterocycles. The van der Waals surface area contributed by atoms with Crippen molar-refractivity contribution in [1.29, 1.82) is 0 Å². The predicted molar refractivity (Wildman–Crippen MR) is 72.8 cm³/mol.